The Balaban J connectivity index is 1.74. The number of carboxylic acid groups (broad SMARTS) is 1. The van der Waals surface area contributed by atoms with Crippen LogP contribution in [0, 0.1) is 12.8 Å². The maximum atomic E-state index is 11.6. The molecule has 1 atom stereocenters. The van der Waals surface area contributed by atoms with Gasteiger partial charge in [-0.15, -0.1) is 0 Å². The molecule has 3 aromatic rings. The highest BCUT2D eigenvalue weighted by Gasteiger charge is 2.19. The lowest BCUT2D eigenvalue weighted by Crippen LogP contribution is -2.21. The smallest absolute Gasteiger partial charge is 0.308 e. The van der Waals surface area contributed by atoms with Gasteiger partial charge in [-0.1, -0.05) is 18.2 Å². The predicted octanol–water partition coefficient (Wildman–Crippen LogP) is 3.02. The van der Waals surface area contributed by atoms with Gasteiger partial charge in [-0.25, -0.2) is 4.98 Å². The van der Waals surface area contributed by atoms with Crippen molar-refractivity contribution in [3.63, 3.8) is 0 Å². The Labute approximate surface area is 135 Å². The van der Waals surface area contributed by atoms with Crippen molar-refractivity contribution >= 4 is 16.9 Å². The SMILES string of the molecule is Cc1nccn1CC(CCc1cc2ccccc2n1C)C(=O)O. The van der Waals surface area contributed by atoms with Crippen LogP contribution in [0.2, 0.25) is 0 Å². The number of imidazole rings is 1. The summed E-state index contributed by atoms with van der Waals surface area (Å²) >= 11 is 0. The molecule has 1 unspecified atom stereocenters. The fourth-order valence-electron chi connectivity index (χ4n) is 3.04. The molecule has 120 valence electrons. The van der Waals surface area contributed by atoms with E-state index in [1.165, 1.54) is 16.6 Å². The lowest BCUT2D eigenvalue weighted by molar-refractivity contribution is -0.142. The van der Waals surface area contributed by atoms with Crippen molar-refractivity contribution < 1.29 is 9.90 Å². The molecule has 3 rings (SSSR count). The summed E-state index contributed by atoms with van der Waals surface area (Å²) in [6.45, 7) is 2.36. The number of rotatable bonds is 6. The Hall–Kier alpha value is -2.56. The molecule has 0 aliphatic rings. The molecule has 0 aliphatic heterocycles. The number of carboxylic acids is 1. The van der Waals surface area contributed by atoms with Gasteiger partial charge in [0.25, 0.3) is 0 Å². The molecule has 0 radical (unpaired) electrons. The molecule has 0 aliphatic carbocycles. The summed E-state index contributed by atoms with van der Waals surface area (Å²) in [4.78, 5) is 15.7. The second-order valence-electron chi connectivity index (χ2n) is 5.95. The van der Waals surface area contributed by atoms with Gasteiger partial charge < -0.3 is 14.2 Å². The number of para-hydroxylation sites is 1. The van der Waals surface area contributed by atoms with Crippen molar-refractivity contribution in [2.45, 2.75) is 26.3 Å². The molecule has 0 saturated heterocycles. The van der Waals surface area contributed by atoms with Gasteiger partial charge in [0, 0.05) is 37.2 Å². The highest BCUT2D eigenvalue weighted by atomic mass is 16.4. The molecule has 5 nitrogen and oxygen atoms in total. The van der Waals surface area contributed by atoms with E-state index in [2.05, 4.69) is 27.8 Å². The summed E-state index contributed by atoms with van der Waals surface area (Å²) in [5, 5.41) is 10.7. The second kappa shape index (κ2) is 6.28. The normalized spacial score (nSPS) is 12.6. The van der Waals surface area contributed by atoms with Gasteiger partial charge in [0.15, 0.2) is 0 Å². The minimum Gasteiger partial charge on any atom is -0.481 e. The van der Waals surface area contributed by atoms with Crippen LogP contribution in [-0.2, 0) is 24.8 Å². The van der Waals surface area contributed by atoms with Crippen LogP contribution in [0.15, 0.2) is 42.7 Å². The number of fused-ring (bicyclic) bond motifs is 1. The number of benzene rings is 1. The summed E-state index contributed by atoms with van der Waals surface area (Å²) in [7, 11) is 2.04. The van der Waals surface area contributed by atoms with E-state index >= 15 is 0 Å². The van der Waals surface area contributed by atoms with Crippen LogP contribution < -0.4 is 0 Å². The summed E-state index contributed by atoms with van der Waals surface area (Å²) in [6.07, 6.45) is 4.90. The summed E-state index contributed by atoms with van der Waals surface area (Å²) < 4.78 is 4.05. The van der Waals surface area contributed by atoms with Gasteiger partial charge in [-0.05, 0) is 37.3 Å². The van der Waals surface area contributed by atoms with Gasteiger partial charge in [0.1, 0.15) is 5.82 Å². The zero-order valence-electron chi connectivity index (χ0n) is 13.4. The van der Waals surface area contributed by atoms with Gasteiger partial charge in [-0.2, -0.15) is 0 Å². The third kappa shape index (κ3) is 3.13. The topological polar surface area (TPSA) is 60.0 Å². The molecule has 1 N–H and O–H groups in total. The number of nitrogens with zero attached hydrogens (tertiary/aromatic N) is 3. The molecular formula is C18H21N3O2. The van der Waals surface area contributed by atoms with Crippen molar-refractivity contribution in [1.82, 2.24) is 14.1 Å². The third-order valence-corrected chi connectivity index (χ3v) is 4.49. The van der Waals surface area contributed by atoms with Crippen molar-refractivity contribution in [2.75, 3.05) is 0 Å². The largest absolute Gasteiger partial charge is 0.481 e. The minimum atomic E-state index is -0.753. The third-order valence-electron chi connectivity index (χ3n) is 4.49. The maximum absolute atomic E-state index is 11.6. The zero-order chi connectivity index (χ0) is 16.4. The fourth-order valence-corrected chi connectivity index (χ4v) is 3.04. The molecule has 1 aromatic carbocycles. The molecule has 0 bridgehead atoms. The van der Waals surface area contributed by atoms with E-state index in [0.29, 0.717) is 13.0 Å². The Morgan fingerprint density at radius 3 is 2.78 bits per heavy atom. The first-order valence-corrected chi connectivity index (χ1v) is 7.80. The summed E-state index contributed by atoms with van der Waals surface area (Å²) in [6, 6.07) is 10.4. The molecular weight excluding hydrogens is 290 g/mol. The highest BCUT2D eigenvalue weighted by molar-refractivity contribution is 5.81. The minimum absolute atomic E-state index is 0.416. The first kappa shape index (κ1) is 15.3. The number of hydrogen-bond donors (Lipinski definition) is 1. The summed E-state index contributed by atoms with van der Waals surface area (Å²) in [5.74, 6) is -0.321. The van der Waals surface area contributed by atoms with Crippen LogP contribution in [0.25, 0.3) is 10.9 Å². The first-order chi connectivity index (χ1) is 11.1. The zero-order valence-corrected chi connectivity index (χ0v) is 13.4. The van der Waals surface area contributed by atoms with Crippen LogP contribution in [0.3, 0.4) is 0 Å². The van der Waals surface area contributed by atoms with Crippen LogP contribution in [0.1, 0.15) is 17.9 Å². The van der Waals surface area contributed by atoms with Crippen molar-refractivity contribution in [2.24, 2.45) is 13.0 Å². The van der Waals surface area contributed by atoms with Crippen LogP contribution in [-0.4, -0.2) is 25.2 Å². The number of aryl methyl sites for hydroxylation is 3. The van der Waals surface area contributed by atoms with E-state index in [9.17, 15) is 9.90 Å². The Morgan fingerprint density at radius 1 is 1.35 bits per heavy atom. The average molecular weight is 311 g/mol. The molecule has 2 aromatic heterocycles. The van der Waals surface area contributed by atoms with E-state index in [0.717, 1.165) is 12.2 Å². The Morgan fingerprint density at radius 2 is 2.13 bits per heavy atom. The van der Waals surface area contributed by atoms with Gasteiger partial charge in [0.05, 0.1) is 5.92 Å². The molecule has 2 heterocycles. The van der Waals surface area contributed by atoms with Crippen LogP contribution in [0.5, 0.6) is 0 Å². The Bertz CT molecular complexity index is 832. The molecule has 0 fully saturated rings. The molecule has 5 heteroatoms. The second-order valence-corrected chi connectivity index (χ2v) is 5.95. The Kier molecular flexibility index (Phi) is 4.19. The first-order valence-electron chi connectivity index (χ1n) is 7.80. The lowest BCUT2D eigenvalue weighted by atomic mass is 10.0. The fraction of sp³-hybridized carbons (Fsp3) is 0.333. The number of hydrogen-bond acceptors (Lipinski definition) is 2. The monoisotopic (exact) mass is 311 g/mol. The summed E-state index contributed by atoms with van der Waals surface area (Å²) in [5.41, 5.74) is 2.35. The molecule has 0 spiro atoms. The van der Waals surface area contributed by atoms with Crippen LogP contribution in [0.4, 0.5) is 0 Å². The predicted molar refractivity (Wildman–Crippen MR) is 89.3 cm³/mol. The number of aliphatic carboxylic acids is 1. The van der Waals surface area contributed by atoms with Crippen molar-refractivity contribution in [1.29, 1.82) is 0 Å². The molecule has 0 saturated carbocycles. The van der Waals surface area contributed by atoms with Crippen LogP contribution >= 0.6 is 0 Å². The molecule has 0 amide bonds. The average Bonchev–Trinajstić information content (AvgIpc) is 3.08. The number of aromatic nitrogens is 3. The maximum Gasteiger partial charge on any atom is 0.308 e. The van der Waals surface area contributed by atoms with E-state index in [1.54, 1.807) is 6.20 Å². The van der Waals surface area contributed by atoms with Gasteiger partial charge in [0.2, 0.25) is 0 Å². The van der Waals surface area contributed by atoms with E-state index in [1.807, 2.05) is 36.9 Å². The van der Waals surface area contributed by atoms with Gasteiger partial charge >= 0.3 is 5.97 Å². The van der Waals surface area contributed by atoms with Crippen molar-refractivity contribution in [3.8, 4) is 0 Å². The lowest BCUT2D eigenvalue weighted by Gasteiger charge is -2.14. The quantitative estimate of drug-likeness (QED) is 0.761. The van der Waals surface area contributed by atoms with Crippen molar-refractivity contribution in [3.05, 3.63) is 54.2 Å². The van der Waals surface area contributed by atoms with E-state index in [-0.39, 0.29) is 0 Å². The standard InChI is InChI=1S/C18H21N3O2/c1-13-19-9-10-21(13)12-15(18(22)23)7-8-16-11-14-5-3-4-6-17(14)20(16)2/h3-6,9-11,15H,7-8,12H2,1-2H3,(H,22,23). The molecule has 23 heavy (non-hydrogen) atoms. The van der Waals surface area contributed by atoms with Gasteiger partial charge in [-0.3, -0.25) is 4.79 Å². The highest BCUT2D eigenvalue weighted by Crippen LogP contribution is 2.21. The van der Waals surface area contributed by atoms with E-state index in [4.69, 9.17) is 0 Å². The number of carbonyl (C=O) groups is 1. The van der Waals surface area contributed by atoms with E-state index < -0.39 is 11.9 Å².